The van der Waals surface area contributed by atoms with Crippen LogP contribution in [-0.4, -0.2) is 31.2 Å². The molecule has 7 heteroatoms. The number of nitrogens with zero attached hydrogens (tertiary/aromatic N) is 1. The highest BCUT2D eigenvalue weighted by Crippen LogP contribution is 2.29. The third-order valence-electron chi connectivity index (χ3n) is 2.67. The van der Waals surface area contributed by atoms with Gasteiger partial charge < -0.3 is 10.1 Å². The fourth-order valence-corrected chi connectivity index (χ4v) is 2.04. The quantitative estimate of drug-likeness (QED) is 0.933. The first-order valence-electron chi connectivity index (χ1n) is 5.65. The van der Waals surface area contributed by atoms with Crippen molar-refractivity contribution in [2.24, 2.45) is 0 Å². The maximum absolute atomic E-state index is 11.7. The molecule has 0 saturated carbocycles. The lowest BCUT2D eigenvalue weighted by molar-refractivity contribution is -0.119. The topological polar surface area (TPSA) is 58.6 Å². The second-order valence-electron chi connectivity index (χ2n) is 4.15. The first-order chi connectivity index (χ1) is 8.97. The molecule has 1 N–H and O–H groups in total. The average Bonchev–Trinajstić information content (AvgIpc) is 2.72. The van der Waals surface area contributed by atoms with Crippen LogP contribution in [0.2, 0.25) is 10.0 Å². The minimum atomic E-state index is -0.464. The summed E-state index contributed by atoms with van der Waals surface area (Å²) in [5.41, 5.74) is 0.615. The SMILES string of the molecule is CC(=O)NC[C@H]1CN(c2ccc(Cl)c(Cl)c2)C(=O)O1. The number of rotatable bonds is 3. The Hall–Kier alpha value is -1.46. The number of halogens is 2. The monoisotopic (exact) mass is 302 g/mol. The Kier molecular flexibility index (Phi) is 4.17. The van der Waals surface area contributed by atoms with E-state index in [0.717, 1.165) is 0 Å². The Bertz CT molecular complexity index is 522. The number of carbonyl (C=O) groups excluding carboxylic acids is 2. The maximum atomic E-state index is 11.7. The fraction of sp³-hybridized carbons (Fsp3) is 0.333. The number of nitrogens with one attached hydrogen (secondary N) is 1. The van der Waals surface area contributed by atoms with E-state index in [1.165, 1.54) is 11.8 Å². The molecule has 1 fully saturated rings. The molecule has 1 heterocycles. The van der Waals surface area contributed by atoms with Crippen molar-refractivity contribution in [3.8, 4) is 0 Å². The number of hydrogen-bond donors (Lipinski definition) is 1. The largest absolute Gasteiger partial charge is 0.442 e. The van der Waals surface area contributed by atoms with Crippen molar-refractivity contribution in [2.75, 3.05) is 18.0 Å². The Morgan fingerprint density at radius 1 is 1.47 bits per heavy atom. The van der Waals surface area contributed by atoms with E-state index < -0.39 is 6.09 Å². The fourth-order valence-electron chi connectivity index (χ4n) is 1.75. The number of hydrogen-bond acceptors (Lipinski definition) is 3. The Labute approximate surface area is 120 Å². The molecule has 102 valence electrons. The molecule has 0 unspecified atom stereocenters. The first-order valence-corrected chi connectivity index (χ1v) is 6.40. The van der Waals surface area contributed by atoms with Crippen LogP contribution in [0.15, 0.2) is 18.2 Å². The zero-order chi connectivity index (χ0) is 14.0. The Morgan fingerprint density at radius 2 is 2.21 bits per heavy atom. The molecule has 1 saturated heterocycles. The summed E-state index contributed by atoms with van der Waals surface area (Å²) in [6.45, 7) is 2.06. The molecule has 1 aromatic carbocycles. The minimum absolute atomic E-state index is 0.163. The Morgan fingerprint density at radius 3 is 2.84 bits per heavy atom. The molecule has 1 aromatic rings. The van der Waals surface area contributed by atoms with Crippen LogP contribution in [0.25, 0.3) is 0 Å². The van der Waals surface area contributed by atoms with Gasteiger partial charge in [0.15, 0.2) is 0 Å². The minimum Gasteiger partial charge on any atom is -0.442 e. The van der Waals surface area contributed by atoms with Crippen LogP contribution < -0.4 is 10.2 Å². The summed E-state index contributed by atoms with van der Waals surface area (Å²) < 4.78 is 5.15. The van der Waals surface area contributed by atoms with Crippen molar-refractivity contribution in [2.45, 2.75) is 13.0 Å². The maximum Gasteiger partial charge on any atom is 0.414 e. The van der Waals surface area contributed by atoms with Gasteiger partial charge in [0.05, 0.1) is 23.1 Å². The van der Waals surface area contributed by atoms with Gasteiger partial charge in [0, 0.05) is 12.6 Å². The van der Waals surface area contributed by atoms with Crippen LogP contribution in [0.3, 0.4) is 0 Å². The number of anilines is 1. The van der Waals surface area contributed by atoms with Crippen LogP contribution in [0.4, 0.5) is 10.5 Å². The van der Waals surface area contributed by atoms with Gasteiger partial charge >= 0.3 is 6.09 Å². The lowest BCUT2D eigenvalue weighted by Crippen LogP contribution is -2.33. The van der Waals surface area contributed by atoms with Crippen molar-refractivity contribution in [3.63, 3.8) is 0 Å². The van der Waals surface area contributed by atoms with Gasteiger partial charge in [-0.05, 0) is 18.2 Å². The Balaban J connectivity index is 2.07. The van der Waals surface area contributed by atoms with E-state index in [4.69, 9.17) is 27.9 Å². The van der Waals surface area contributed by atoms with Crippen LogP contribution in [0.1, 0.15) is 6.92 Å². The van der Waals surface area contributed by atoms with Gasteiger partial charge in [0.25, 0.3) is 0 Å². The first kappa shape index (κ1) is 14.0. The molecule has 2 rings (SSSR count). The number of amides is 2. The lowest BCUT2D eigenvalue weighted by atomic mass is 10.2. The molecule has 0 radical (unpaired) electrons. The zero-order valence-corrected chi connectivity index (χ0v) is 11.7. The summed E-state index contributed by atoms with van der Waals surface area (Å²) in [7, 11) is 0. The smallest absolute Gasteiger partial charge is 0.414 e. The molecular formula is C12H12Cl2N2O3. The third-order valence-corrected chi connectivity index (χ3v) is 3.41. The second-order valence-corrected chi connectivity index (χ2v) is 4.97. The lowest BCUT2D eigenvalue weighted by Gasteiger charge is -2.13. The highest BCUT2D eigenvalue weighted by Gasteiger charge is 2.32. The van der Waals surface area contributed by atoms with E-state index in [9.17, 15) is 9.59 Å². The normalized spacial score (nSPS) is 18.4. The van der Waals surface area contributed by atoms with Gasteiger partial charge in [-0.2, -0.15) is 0 Å². The second kappa shape index (κ2) is 5.67. The summed E-state index contributed by atoms with van der Waals surface area (Å²) in [6, 6.07) is 4.91. The molecule has 2 amide bonds. The molecule has 1 aliphatic rings. The molecular weight excluding hydrogens is 291 g/mol. The highest BCUT2D eigenvalue weighted by molar-refractivity contribution is 6.42. The van der Waals surface area contributed by atoms with Gasteiger partial charge in [-0.1, -0.05) is 23.2 Å². The highest BCUT2D eigenvalue weighted by atomic mass is 35.5. The van der Waals surface area contributed by atoms with Crippen molar-refractivity contribution in [3.05, 3.63) is 28.2 Å². The zero-order valence-electron chi connectivity index (χ0n) is 10.2. The van der Waals surface area contributed by atoms with Crippen LogP contribution in [0, 0.1) is 0 Å². The number of benzene rings is 1. The molecule has 5 nitrogen and oxygen atoms in total. The van der Waals surface area contributed by atoms with Crippen LogP contribution in [0.5, 0.6) is 0 Å². The molecule has 19 heavy (non-hydrogen) atoms. The standard InChI is InChI=1S/C12H12Cl2N2O3/c1-7(17)15-5-9-6-16(12(18)19-9)8-2-3-10(13)11(14)4-8/h2-4,9H,5-6H2,1H3,(H,15,17)/t9-/m0/s1. The molecule has 0 aromatic heterocycles. The van der Waals surface area contributed by atoms with Gasteiger partial charge in [-0.25, -0.2) is 4.79 Å². The van der Waals surface area contributed by atoms with E-state index in [2.05, 4.69) is 5.32 Å². The van der Waals surface area contributed by atoms with E-state index in [1.54, 1.807) is 18.2 Å². The van der Waals surface area contributed by atoms with Gasteiger partial charge in [0.2, 0.25) is 5.91 Å². The summed E-state index contributed by atoms with van der Waals surface area (Å²) >= 11 is 11.7. The number of ether oxygens (including phenoxy) is 1. The van der Waals surface area contributed by atoms with Gasteiger partial charge in [-0.15, -0.1) is 0 Å². The van der Waals surface area contributed by atoms with Crippen molar-refractivity contribution in [1.29, 1.82) is 0 Å². The van der Waals surface area contributed by atoms with Crippen molar-refractivity contribution in [1.82, 2.24) is 5.32 Å². The molecule has 0 spiro atoms. The predicted molar refractivity (Wildman–Crippen MR) is 72.8 cm³/mol. The van der Waals surface area contributed by atoms with E-state index in [0.29, 0.717) is 28.8 Å². The third kappa shape index (κ3) is 3.30. The number of carbonyl (C=O) groups is 2. The molecule has 1 aliphatic heterocycles. The van der Waals surface area contributed by atoms with Crippen LogP contribution >= 0.6 is 23.2 Å². The average molecular weight is 303 g/mol. The summed E-state index contributed by atoms with van der Waals surface area (Å²) in [6.07, 6.45) is -0.834. The van der Waals surface area contributed by atoms with E-state index in [-0.39, 0.29) is 12.0 Å². The predicted octanol–water partition coefficient (Wildman–Crippen LogP) is 2.45. The van der Waals surface area contributed by atoms with E-state index in [1.807, 2.05) is 0 Å². The van der Waals surface area contributed by atoms with Gasteiger partial charge in [0.1, 0.15) is 6.10 Å². The molecule has 1 atom stereocenters. The molecule has 0 aliphatic carbocycles. The van der Waals surface area contributed by atoms with E-state index >= 15 is 0 Å². The van der Waals surface area contributed by atoms with Crippen LogP contribution in [-0.2, 0) is 9.53 Å². The molecule has 0 bridgehead atoms. The van der Waals surface area contributed by atoms with Gasteiger partial charge in [-0.3, -0.25) is 9.69 Å². The van der Waals surface area contributed by atoms with Crippen molar-refractivity contribution < 1.29 is 14.3 Å². The van der Waals surface area contributed by atoms with Crippen molar-refractivity contribution >= 4 is 40.9 Å². The number of cyclic esters (lactones) is 1. The summed E-state index contributed by atoms with van der Waals surface area (Å²) in [5, 5.41) is 3.41. The summed E-state index contributed by atoms with van der Waals surface area (Å²) in [5.74, 6) is -0.163. The summed E-state index contributed by atoms with van der Waals surface area (Å²) in [4.78, 5) is 24.0.